The lowest BCUT2D eigenvalue weighted by Gasteiger charge is -2.17. The molecule has 0 saturated heterocycles. The van der Waals surface area contributed by atoms with Gasteiger partial charge in [0.1, 0.15) is 5.82 Å². The van der Waals surface area contributed by atoms with Crippen LogP contribution in [0.4, 0.5) is 0 Å². The molecule has 4 nitrogen and oxygen atoms in total. The molecule has 0 bridgehead atoms. The Bertz CT molecular complexity index is 367. The van der Waals surface area contributed by atoms with Gasteiger partial charge in [-0.1, -0.05) is 0 Å². The maximum atomic E-state index is 5.97. The van der Waals surface area contributed by atoms with E-state index >= 15 is 0 Å². The third-order valence-corrected chi connectivity index (χ3v) is 3.38. The van der Waals surface area contributed by atoms with Crippen molar-refractivity contribution in [3.8, 4) is 0 Å². The zero-order valence-electron chi connectivity index (χ0n) is 10.5. The van der Waals surface area contributed by atoms with Crippen LogP contribution >= 0.6 is 0 Å². The average Bonchev–Trinajstić information content (AvgIpc) is 2.52. The van der Waals surface area contributed by atoms with E-state index in [1.165, 1.54) is 17.2 Å². The molecule has 2 N–H and O–H groups in total. The second-order valence-electron chi connectivity index (χ2n) is 5.04. The highest BCUT2D eigenvalue weighted by Crippen LogP contribution is 2.21. The summed E-state index contributed by atoms with van der Waals surface area (Å²) < 4.78 is 2.27. The normalized spacial score (nSPS) is 20.2. The summed E-state index contributed by atoms with van der Waals surface area (Å²) in [6.45, 7) is 1.05. The van der Waals surface area contributed by atoms with Crippen LogP contribution in [0.5, 0.6) is 0 Å². The molecule has 1 unspecified atom stereocenters. The van der Waals surface area contributed by atoms with Crippen molar-refractivity contribution in [2.24, 2.45) is 12.8 Å². The number of likely N-dealkylation sites (N-methyl/N-ethyl adjacent to an activating group) is 1. The fourth-order valence-corrected chi connectivity index (χ4v) is 2.34. The lowest BCUT2D eigenvalue weighted by atomic mass is 9.97. The van der Waals surface area contributed by atoms with Gasteiger partial charge in [0.05, 0.1) is 5.69 Å². The van der Waals surface area contributed by atoms with E-state index in [2.05, 4.69) is 30.6 Å². The predicted octanol–water partition coefficient (Wildman–Crippen LogP) is 0.340. The SMILES string of the molecule is CN(C)CCc1nc2c(n1C)CCC(N)C2. The number of hydrogen-bond acceptors (Lipinski definition) is 3. The highest BCUT2D eigenvalue weighted by Gasteiger charge is 2.21. The van der Waals surface area contributed by atoms with Gasteiger partial charge in [0.2, 0.25) is 0 Å². The quantitative estimate of drug-likeness (QED) is 0.802. The van der Waals surface area contributed by atoms with Gasteiger partial charge in [-0.25, -0.2) is 4.98 Å². The Hall–Kier alpha value is -0.870. The Morgan fingerprint density at radius 1 is 1.50 bits per heavy atom. The van der Waals surface area contributed by atoms with E-state index in [0.29, 0.717) is 6.04 Å². The molecule has 90 valence electrons. The highest BCUT2D eigenvalue weighted by atomic mass is 15.1. The molecule has 0 saturated carbocycles. The number of nitrogens with zero attached hydrogens (tertiary/aromatic N) is 3. The molecule has 0 aromatic carbocycles. The van der Waals surface area contributed by atoms with Gasteiger partial charge in [-0.3, -0.25) is 0 Å². The third kappa shape index (κ3) is 2.28. The van der Waals surface area contributed by atoms with Crippen LogP contribution in [0.25, 0.3) is 0 Å². The lowest BCUT2D eigenvalue weighted by molar-refractivity contribution is 0.407. The molecule has 0 amide bonds. The second-order valence-corrected chi connectivity index (χ2v) is 5.04. The van der Waals surface area contributed by atoms with Crippen molar-refractivity contribution in [1.29, 1.82) is 0 Å². The van der Waals surface area contributed by atoms with Crippen molar-refractivity contribution in [2.75, 3.05) is 20.6 Å². The molecule has 2 rings (SSSR count). The zero-order chi connectivity index (χ0) is 11.7. The van der Waals surface area contributed by atoms with E-state index in [9.17, 15) is 0 Å². The topological polar surface area (TPSA) is 47.1 Å². The molecule has 0 fully saturated rings. The van der Waals surface area contributed by atoms with E-state index in [4.69, 9.17) is 10.7 Å². The van der Waals surface area contributed by atoms with Crippen LogP contribution in [0.1, 0.15) is 23.6 Å². The van der Waals surface area contributed by atoms with E-state index in [0.717, 1.165) is 32.2 Å². The van der Waals surface area contributed by atoms with Gasteiger partial charge in [0, 0.05) is 38.2 Å². The average molecular weight is 222 g/mol. The molecule has 1 aliphatic carbocycles. The third-order valence-electron chi connectivity index (χ3n) is 3.38. The minimum atomic E-state index is 0.309. The van der Waals surface area contributed by atoms with Crippen LogP contribution in [-0.2, 0) is 26.3 Å². The van der Waals surface area contributed by atoms with Gasteiger partial charge in [0.25, 0.3) is 0 Å². The number of aromatic nitrogens is 2. The summed E-state index contributed by atoms with van der Waals surface area (Å²) in [6.07, 6.45) is 4.15. The number of fused-ring (bicyclic) bond motifs is 1. The van der Waals surface area contributed by atoms with E-state index in [1.54, 1.807) is 0 Å². The summed E-state index contributed by atoms with van der Waals surface area (Å²) in [6, 6.07) is 0.309. The van der Waals surface area contributed by atoms with E-state index in [-0.39, 0.29) is 0 Å². The molecule has 1 aliphatic rings. The summed E-state index contributed by atoms with van der Waals surface area (Å²) in [4.78, 5) is 6.92. The largest absolute Gasteiger partial charge is 0.335 e. The van der Waals surface area contributed by atoms with E-state index in [1.807, 2.05) is 0 Å². The van der Waals surface area contributed by atoms with Gasteiger partial charge >= 0.3 is 0 Å². The van der Waals surface area contributed by atoms with Crippen LogP contribution < -0.4 is 5.73 Å². The fraction of sp³-hybridized carbons (Fsp3) is 0.750. The Morgan fingerprint density at radius 2 is 2.25 bits per heavy atom. The molecule has 1 atom stereocenters. The maximum Gasteiger partial charge on any atom is 0.110 e. The van der Waals surface area contributed by atoms with Gasteiger partial charge in [-0.2, -0.15) is 0 Å². The molecule has 0 spiro atoms. The Kier molecular flexibility index (Phi) is 3.30. The first-order valence-corrected chi connectivity index (χ1v) is 6.01. The van der Waals surface area contributed by atoms with Crippen LogP contribution in [0, 0.1) is 0 Å². The number of rotatable bonds is 3. The lowest BCUT2D eigenvalue weighted by Crippen LogP contribution is -2.28. The van der Waals surface area contributed by atoms with Crippen LogP contribution in [0.2, 0.25) is 0 Å². The smallest absolute Gasteiger partial charge is 0.110 e. The molecule has 0 radical (unpaired) electrons. The molecule has 1 aromatic heterocycles. The van der Waals surface area contributed by atoms with Crippen molar-refractivity contribution < 1.29 is 0 Å². The zero-order valence-corrected chi connectivity index (χ0v) is 10.5. The fourth-order valence-electron chi connectivity index (χ4n) is 2.34. The van der Waals surface area contributed by atoms with Crippen molar-refractivity contribution in [2.45, 2.75) is 31.7 Å². The number of imidazole rings is 1. The standard InChI is InChI=1S/C12H22N4/c1-15(2)7-6-12-14-10-8-9(13)4-5-11(10)16(12)3/h9H,4-8,13H2,1-3H3. The summed E-state index contributed by atoms with van der Waals surface area (Å²) in [5.74, 6) is 1.20. The van der Waals surface area contributed by atoms with Gasteiger partial charge in [0.15, 0.2) is 0 Å². The monoisotopic (exact) mass is 222 g/mol. The van der Waals surface area contributed by atoms with Crippen molar-refractivity contribution in [3.05, 3.63) is 17.2 Å². The van der Waals surface area contributed by atoms with Crippen LogP contribution in [-0.4, -0.2) is 41.1 Å². The van der Waals surface area contributed by atoms with E-state index < -0.39 is 0 Å². The minimum Gasteiger partial charge on any atom is -0.335 e. The minimum absolute atomic E-state index is 0.309. The molecular formula is C12H22N4. The van der Waals surface area contributed by atoms with Gasteiger partial charge in [-0.15, -0.1) is 0 Å². The first-order chi connectivity index (χ1) is 7.58. The molecule has 1 aromatic rings. The number of hydrogen-bond donors (Lipinski definition) is 1. The second kappa shape index (κ2) is 4.55. The molecule has 0 aliphatic heterocycles. The Morgan fingerprint density at radius 3 is 2.94 bits per heavy atom. The van der Waals surface area contributed by atoms with Crippen molar-refractivity contribution in [3.63, 3.8) is 0 Å². The Labute approximate surface area is 97.4 Å². The molecule has 16 heavy (non-hydrogen) atoms. The Balaban J connectivity index is 2.15. The number of nitrogens with two attached hydrogens (primary N) is 1. The van der Waals surface area contributed by atoms with Crippen LogP contribution in [0.15, 0.2) is 0 Å². The van der Waals surface area contributed by atoms with Gasteiger partial charge < -0.3 is 15.2 Å². The van der Waals surface area contributed by atoms with Crippen molar-refractivity contribution in [1.82, 2.24) is 14.5 Å². The molecule has 4 heteroatoms. The first kappa shape index (κ1) is 11.6. The van der Waals surface area contributed by atoms with Crippen LogP contribution in [0.3, 0.4) is 0 Å². The summed E-state index contributed by atoms with van der Waals surface area (Å²) in [7, 11) is 6.32. The summed E-state index contributed by atoms with van der Waals surface area (Å²) >= 11 is 0. The first-order valence-electron chi connectivity index (χ1n) is 6.01. The maximum absolute atomic E-state index is 5.97. The molecule has 1 heterocycles. The highest BCUT2D eigenvalue weighted by molar-refractivity contribution is 5.21. The van der Waals surface area contributed by atoms with Crippen molar-refractivity contribution >= 4 is 0 Å². The van der Waals surface area contributed by atoms with Gasteiger partial charge in [-0.05, 0) is 26.9 Å². The molecular weight excluding hydrogens is 200 g/mol. The summed E-state index contributed by atoms with van der Waals surface area (Å²) in [5, 5.41) is 0. The predicted molar refractivity (Wildman–Crippen MR) is 65.5 cm³/mol. The summed E-state index contributed by atoms with van der Waals surface area (Å²) in [5.41, 5.74) is 8.60.